The van der Waals surface area contributed by atoms with Crippen molar-refractivity contribution in [3.8, 4) is 11.5 Å². The van der Waals surface area contributed by atoms with E-state index in [4.69, 9.17) is 20.9 Å². The molecule has 2 aromatic carbocycles. The average molecular weight is 528 g/mol. The smallest absolute Gasteiger partial charge is 0.273 e. The lowest BCUT2D eigenvalue weighted by Gasteiger charge is -2.34. The Morgan fingerprint density at radius 2 is 1.84 bits per heavy atom. The van der Waals surface area contributed by atoms with Gasteiger partial charge in [0.15, 0.2) is 17.2 Å². The normalized spacial score (nSPS) is 13.2. The van der Waals surface area contributed by atoms with Gasteiger partial charge in [-0.1, -0.05) is 19.1 Å². The van der Waals surface area contributed by atoms with E-state index >= 15 is 0 Å². The molecule has 194 valence electrons. The lowest BCUT2D eigenvalue weighted by Crippen LogP contribution is -2.50. The first-order chi connectivity index (χ1) is 17.5. The number of primary amides is 1. The summed E-state index contributed by atoms with van der Waals surface area (Å²) >= 11 is 0.691. The number of carbonyl (C=O) groups is 3. The SMILES string of the molecule is CCC(C)(C)NC(=O)C(c1ccc(F)cc1)N(C(=O)c1snc(C(N)=O)c1N)c1ccc2c(c1)OCO2. The molecular weight excluding hydrogens is 501 g/mol. The van der Waals surface area contributed by atoms with Gasteiger partial charge in [0.25, 0.3) is 11.8 Å². The highest BCUT2D eigenvalue weighted by Crippen LogP contribution is 2.40. The minimum absolute atomic E-state index is 0.00304. The van der Waals surface area contributed by atoms with E-state index in [0.717, 1.165) is 0 Å². The van der Waals surface area contributed by atoms with Gasteiger partial charge in [-0.2, -0.15) is 4.37 Å². The lowest BCUT2D eigenvalue weighted by molar-refractivity contribution is -0.124. The molecule has 0 radical (unpaired) electrons. The van der Waals surface area contributed by atoms with Crippen LogP contribution in [0.15, 0.2) is 42.5 Å². The van der Waals surface area contributed by atoms with Crippen molar-refractivity contribution >= 4 is 40.6 Å². The summed E-state index contributed by atoms with van der Waals surface area (Å²) in [5.41, 5.74) is 11.0. The third kappa shape index (κ3) is 5.19. The standard InChI is InChI=1S/C25H26FN5O5S/c1-4-25(2,3)29-23(33)20(13-5-7-14(26)8-6-13)31(15-9-10-16-17(11-15)36-12-35-16)24(34)21-18(27)19(22(28)32)30-37-21/h5-11,20H,4,12,27H2,1-3H3,(H2,28,32)(H,29,33). The van der Waals surface area contributed by atoms with Crippen LogP contribution < -0.4 is 31.2 Å². The van der Waals surface area contributed by atoms with Crippen LogP contribution in [0.4, 0.5) is 15.8 Å². The van der Waals surface area contributed by atoms with E-state index in [2.05, 4.69) is 9.69 Å². The maximum atomic E-state index is 14.1. The van der Waals surface area contributed by atoms with Gasteiger partial charge in [-0.3, -0.25) is 19.3 Å². The van der Waals surface area contributed by atoms with E-state index in [1.807, 2.05) is 20.8 Å². The summed E-state index contributed by atoms with van der Waals surface area (Å²) in [5.74, 6) is -1.77. The second-order valence-corrected chi connectivity index (χ2v) is 9.81. The van der Waals surface area contributed by atoms with Crippen LogP contribution in [0.2, 0.25) is 0 Å². The van der Waals surface area contributed by atoms with E-state index in [9.17, 15) is 18.8 Å². The molecule has 12 heteroatoms. The van der Waals surface area contributed by atoms with Crippen LogP contribution in [0.1, 0.15) is 59.0 Å². The van der Waals surface area contributed by atoms with E-state index in [1.165, 1.54) is 29.2 Å². The molecular formula is C25H26FN5O5S. The fourth-order valence-electron chi connectivity index (χ4n) is 3.71. The number of fused-ring (bicyclic) bond motifs is 1. The molecule has 0 bridgehead atoms. The van der Waals surface area contributed by atoms with Gasteiger partial charge < -0.3 is 26.3 Å². The summed E-state index contributed by atoms with van der Waals surface area (Å²) in [7, 11) is 0. The Balaban J connectivity index is 1.91. The number of anilines is 2. The molecule has 1 unspecified atom stereocenters. The minimum atomic E-state index is -1.25. The molecule has 37 heavy (non-hydrogen) atoms. The summed E-state index contributed by atoms with van der Waals surface area (Å²) in [5, 5.41) is 2.97. The Morgan fingerprint density at radius 1 is 1.16 bits per heavy atom. The van der Waals surface area contributed by atoms with Crippen LogP contribution in [0, 0.1) is 5.82 Å². The Kier molecular flexibility index (Phi) is 7.03. The van der Waals surface area contributed by atoms with Gasteiger partial charge in [-0.15, -0.1) is 0 Å². The molecule has 1 aliphatic rings. The van der Waals surface area contributed by atoms with Crippen molar-refractivity contribution in [1.82, 2.24) is 9.69 Å². The number of ether oxygens (including phenoxy) is 2. The Hall–Kier alpha value is -4.19. The summed E-state index contributed by atoms with van der Waals surface area (Å²) in [6.07, 6.45) is 0.608. The van der Waals surface area contributed by atoms with Gasteiger partial charge in [0.05, 0.1) is 5.69 Å². The number of nitrogens with zero attached hydrogens (tertiary/aromatic N) is 2. The fourth-order valence-corrected chi connectivity index (χ4v) is 4.45. The van der Waals surface area contributed by atoms with Crippen LogP contribution >= 0.6 is 11.5 Å². The molecule has 0 aliphatic carbocycles. The Bertz CT molecular complexity index is 1360. The first-order valence-electron chi connectivity index (χ1n) is 11.4. The van der Waals surface area contributed by atoms with Crippen molar-refractivity contribution in [3.05, 3.63) is 64.4 Å². The zero-order valence-electron chi connectivity index (χ0n) is 20.4. The largest absolute Gasteiger partial charge is 0.454 e. The van der Waals surface area contributed by atoms with Gasteiger partial charge >= 0.3 is 0 Å². The number of nitrogen functional groups attached to an aromatic ring is 1. The maximum absolute atomic E-state index is 14.1. The molecule has 10 nitrogen and oxygen atoms in total. The number of nitrogens with two attached hydrogens (primary N) is 2. The molecule has 2 heterocycles. The lowest BCUT2D eigenvalue weighted by atomic mass is 9.98. The number of hydrogen-bond donors (Lipinski definition) is 3. The van der Waals surface area contributed by atoms with E-state index in [-0.39, 0.29) is 28.7 Å². The third-order valence-corrected chi connectivity index (χ3v) is 6.90. The summed E-state index contributed by atoms with van der Waals surface area (Å²) in [6, 6.07) is 8.77. The quantitative estimate of drug-likeness (QED) is 0.406. The van der Waals surface area contributed by atoms with E-state index in [1.54, 1.807) is 18.2 Å². The molecule has 4 rings (SSSR count). The first-order valence-corrected chi connectivity index (χ1v) is 12.2. The predicted octanol–water partition coefficient (Wildman–Crippen LogP) is 3.38. The number of carbonyl (C=O) groups excluding carboxylic acids is 3. The average Bonchev–Trinajstić information content (AvgIpc) is 3.48. The van der Waals surface area contributed by atoms with Gasteiger partial charge in [0, 0.05) is 17.3 Å². The molecule has 0 saturated carbocycles. The second-order valence-electron chi connectivity index (χ2n) is 9.03. The molecule has 1 aliphatic heterocycles. The molecule has 3 aromatic rings. The highest BCUT2D eigenvalue weighted by Gasteiger charge is 2.38. The second kappa shape index (κ2) is 10.1. The van der Waals surface area contributed by atoms with Crippen molar-refractivity contribution in [2.45, 2.75) is 38.8 Å². The topological polar surface area (TPSA) is 150 Å². The van der Waals surface area contributed by atoms with Crippen LogP contribution in [0.3, 0.4) is 0 Å². The highest BCUT2D eigenvalue weighted by atomic mass is 32.1. The van der Waals surface area contributed by atoms with E-state index < -0.39 is 35.1 Å². The number of rotatable bonds is 8. The van der Waals surface area contributed by atoms with Crippen molar-refractivity contribution in [2.75, 3.05) is 17.4 Å². The Morgan fingerprint density at radius 3 is 2.46 bits per heavy atom. The van der Waals surface area contributed by atoms with Crippen molar-refractivity contribution in [1.29, 1.82) is 0 Å². The van der Waals surface area contributed by atoms with Gasteiger partial charge in [0.2, 0.25) is 12.7 Å². The van der Waals surface area contributed by atoms with Crippen molar-refractivity contribution in [3.63, 3.8) is 0 Å². The third-order valence-electron chi connectivity index (χ3n) is 6.05. The molecule has 0 saturated heterocycles. The van der Waals surface area contributed by atoms with E-state index in [0.29, 0.717) is 35.0 Å². The monoisotopic (exact) mass is 527 g/mol. The van der Waals surface area contributed by atoms with Gasteiger partial charge in [0.1, 0.15) is 16.7 Å². The first kappa shape index (κ1) is 25.9. The molecule has 3 amide bonds. The Labute approximate surface area is 216 Å². The fraction of sp³-hybridized carbons (Fsp3) is 0.280. The highest BCUT2D eigenvalue weighted by molar-refractivity contribution is 7.09. The van der Waals surface area contributed by atoms with Crippen molar-refractivity contribution in [2.24, 2.45) is 5.73 Å². The minimum Gasteiger partial charge on any atom is -0.454 e. The molecule has 1 atom stereocenters. The number of halogens is 1. The van der Waals surface area contributed by atoms with Crippen LogP contribution in [0.5, 0.6) is 11.5 Å². The number of aromatic nitrogens is 1. The molecule has 0 spiro atoms. The molecule has 1 aromatic heterocycles. The van der Waals surface area contributed by atoms with Crippen LogP contribution in [0.25, 0.3) is 0 Å². The van der Waals surface area contributed by atoms with Gasteiger partial charge in [-0.25, -0.2) is 4.39 Å². The van der Waals surface area contributed by atoms with Crippen LogP contribution in [-0.4, -0.2) is 34.4 Å². The molecule has 0 fully saturated rings. The van der Waals surface area contributed by atoms with Crippen LogP contribution in [-0.2, 0) is 4.79 Å². The predicted molar refractivity (Wildman–Crippen MR) is 136 cm³/mol. The zero-order chi connectivity index (χ0) is 26.9. The van der Waals surface area contributed by atoms with Crippen molar-refractivity contribution < 1.29 is 28.2 Å². The summed E-state index contributed by atoms with van der Waals surface area (Å²) < 4.78 is 28.6. The summed E-state index contributed by atoms with van der Waals surface area (Å²) in [4.78, 5) is 40.7. The summed E-state index contributed by atoms with van der Waals surface area (Å²) in [6.45, 7) is 5.61. The molecule has 5 N–H and O–H groups in total. The van der Waals surface area contributed by atoms with Gasteiger partial charge in [-0.05, 0) is 61.6 Å². The number of nitrogens with one attached hydrogen (secondary N) is 1. The maximum Gasteiger partial charge on any atom is 0.273 e. The number of benzene rings is 2. The number of amides is 3. The number of hydrogen-bond acceptors (Lipinski definition) is 8. The zero-order valence-corrected chi connectivity index (χ0v) is 21.2.